The predicted molar refractivity (Wildman–Crippen MR) is 98.5 cm³/mol. The molecule has 0 radical (unpaired) electrons. The predicted octanol–water partition coefficient (Wildman–Crippen LogP) is 4.95. The van der Waals surface area contributed by atoms with Gasteiger partial charge in [-0.2, -0.15) is 0 Å². The fourth-order valence-electron chi connectivity index (χ4n) is 8.35. The van der Waals surface area contributed by atoms with Gasteiger partial charge in [-0.1, -0.05) is 20.8 Å². The van der Waals surface area contributed by atoms with Crippen molar-refractivity contribution >= 4 is 5.78 Å². The molecule has 0 aromatic heterocycles. The molecule has 0 saturated heterocycles. The van der Waals surface area contributed by atoms with E-state index in [2.05, 4.69) is 20.8 Å². The summed E-state index contributed by atoms with van der Waals surface area (Å²) in [5.41, 5.74) is 7.45. The number of Topliss-reactive ketones (excluding diaryl/α,β-unsaturated/α-hetero) is 1. The van der Waals surface area contributed by atoms with Crippen LogP contribution in [0.5, 0.6) is 0 Å². The van der Waals surface area contributed by atoms with E-state index in [9.17, 15) is 4.79 Å². The van der Waals surface area contributed by atoms with Gasteiger partial charge in [0.2, 0.25) is 0 Å². The molecular weight excluding hydrogens is 294 g/mol. The van der Waals surface area contributed by atoms with E-state index in [0.717, 1.165) is 24.2 Å². The van der Waals surface area contributed by atoms with Crippen molar-refractivity contribution in [2.24, 2.45) is 45.7 Å². The maximum Gasteiger partial charge on any atom is 0.133 e. The Labute approximate surface area is 148 Å². The molecule has 0 aromatic carbocycles. The van der Waals surface area contributed by atoms with E-state index in [1.807, 2.05) is 6.92 Å². The lowest BCUT2D eigenvalue weighted by molar-refractivity contribution is -0.159. The zero-order valence-electron chi connectivity index (χ0n) is 16.2. The number of rotatable bonds is 1. The minimum atomic E-state index is 0.244. The maximum atomic E-state index is 12.3. The molecule has 2 heteroatoms. The lowest BCUT2D eigenvalue weighted by atomic mass is 9.40. The molecule has 4 aliphatic carbocycles. The van der Waals surface area contributed by atoms with E-state index in [-0.39, 0.29) is 5.41 Å². The van der Waals surface area contributed by atoms with Crippen LogP contribution in [-0.2, 0) is 4.79 Å². The zero-order valence-corrected chi connectivity index (χ0v) is 16.2. The summed E-state index contributed by atoms with van der Waals surface area (Å²) in [6.07, 6.45) is 11.6. The standard InChI is InChI=1S/C22H37NO/c1-14(24)17-8-11-22(4)19-6-5-15-13-16(23)7-10-20(15,2)18(19)9-12-21(17,22)3/h15-19H,5-13,23H2,1-4H3/t15-,16-,17+,18-,19-,20-,21+,22-/m0/s1. The topological polar surface area (TPSA) is 43.1 Å². The highest BCUT2D eigenvalue weighted by Gasteiger charge is 2.65. The molecule has 4 rings (SSSR count). The Kier molecular flexibility index (Phi) is 3.78. The summed E-state index contributed by atoms with van der Waals surface area (Å²) in [5.74, 6) is 3.31. The number of carbonyl (C=O) groups excluding carboxylic acids is 1. The van der Waals surface area contributed by atoms with Gasteiger partial charge in [-0.05, 0) is 98.7 Å². The number of fused-ring (bicyclic) bond motifs is 5. The minimum Gasteiger partial charge on any atom is -0.328 e. The molecule has 4 aliphatic rings. The highest BCUT2D eigenvalue weighted by molar-refractivity contribution is 5.79. The second-order valence-corrected chi connectivity index (χ2v) is 10.6. The highest BCUT2D eigenvalue weighted by Crippen LogP contribution is 2.72. The first-order valence-electron chi connectivity index (χ1n) is 10.5. The summed E-state index contributed by atoms with van der Waals surface area (Å²) >= 11 is 0. The molecular formula is C22H37NO. The van der Waals surface area contributed by atoms with E-state index in [1.54, 1.807) is 0 Å². The second-order valence-electron chi connectivity index (χ2n) is 10.6. The fraction of sp³-hybridized carbons (Fsp3) is 0.955. The van der Waals surface area contributed by atoms with Crippen LogP contribution in [-0.4, -0.2) is 11.8 Å². The molecule has 24 heavy (non-hydrogen) atoms. The lowest BCUT2D eigenvalue weighted by Crippen LogP contribution is -2.58. The zero-order chi connectivity index (χ0) is 17.3. The Balaban J connectivity index is 1.68. The smallest absolute Gasteiger partial charge is 0.133 e. The van der Waals surface area contributed by atoms with Crippen LogP contribution < -0.4 is 5.73 Å². The molecule has 4 fully saturated rings. The molecule has 0 bridgehead atoms. The van der Waals surface area contributed by atoms with Crippen molar-refractivity contribution in [3.8, 4) is 0 Å². The van der Waals surface area contributed by atoms with Crippen LogP contribution in [0.4, 0.5) is 0 Å². The van der Waals surface area contributed by atoms with Gasteiger partial charge in [0.15, 0.2) is 0 Å². The molecule has 2 nitrogen and oxygen atoms in total. The number of carbonyl (C=O) groups is 1. The van der Waals surface area contributed by atoms with E-state index in [4.69, 9.17) is 5.73 Å². The molecule has 0 unspecified atom stereocenters. The van der Waals surface area contributed by atoms with Gasteiger partial charge in [0.1, 0.15) is 5.78 Å². The van der Waals surface area contributed by atoms with Gasteiger partial charge in [0.05, 0.1) is 0 Å². The van der Waals surface area contributed by atoms with Gasteiger partial charge in [-0.25, -0.2) is 0 Å². The monoisotopic (exact) mass is 331 g/mol. The van der Waals surface area contributed by atoms with Crippen molar-refractivity contribution in [1.29, 1.82) is 0 Å². The number of ketones is 1. The third-order valence-electron chi connectivity index (χ3n) is 10.0. The molecule has 136 valence electrons. The molecule has 2 N–H and O–H groups in total. The van der Waals surface area contributed by atoms with Crippen LogP contribution in [0.1, 0.15) is 85.5 Å². The van der Waals surface area contributed by atoms with Crippen LogP contribution in [0.2, 0.25) is 0 Å². The molecule has 0 aliphatic heterocycles. The number of hydrogen-bond acceptors (Lipinski definition) is 2. The molecule has 4 saturated carbocycles. The van der Waals surface area contributed by atoms with Crippen molar-refractivity contribution in [1.82, 2.24) is 0 Å². The molecule has 0 heterocycles. The average Bonchev–Trinajstić information content (AvgIpc) is 2.80. The fourth-order valence-corrected chi connectivity index (χ4v) is 8.35. The maximum absolute atomic E-state index is 12.3. The third kappa shape index (κ3) is 2.01. The Bertz CT molecular complexity index is 544. The summed E-state index contributed by atoms with van der Waals surface area (Å²) in [6.45, 7) is 9.47. The normalized spacial score (nSPS) is 57.0. The van der Waals surface area contributed by atoms with Crippen molar-refractivity contribution in [3.05, 3.63) is 0 Å². The van der Waals surface area contributed by atoms with Crippen LogP contribution in [0.15, 0.2) is 0 Å². The van der Waals surface area contributed by atoms with E-state index < -0.39 is 0 Å². The summed E-state index contributed by atoms with van der Waals surface area (Å²) in [7, 11) is 0. The second kappa shape index (κ2) is 5.32. The Morgan fingerprint density at radius 2 is 1.58 bits per heavy atom. The first-order valence-corrected chi connectivity index (χ1v) is 10.5. The van der Waals surface area contributed by atoms with Crippen molar-refractivity contribution in [2.45, 2.75) is 91.5 Å². The number of nitrogens with two attached hydrogens (primary N) is 1. The van der Waals surface area contributed by atoms with Gasteiger partial charge in [-0.3, -0.25) is 4.79 Å². The Morgan fingerprint density at radius 1 is 0.875 bits per heavy atom. The Morgan fingerprint density at radius 3 is 2.29 bits per heavy atom. The van der Waals surface area contributed by atoms with Gasteiger partial charge in [0, 0.05) is 12.0 Å². The number of hydrogen-bond donors (Lipinski definition) is 1. The van der Waals surface area contributed by atoms with Gasteiger partial charge >= 0.3 is 0 Å². The first-order chi connectivity index (χ1) is 11.2. The average molecular weight is 332 g/mol. The highest BCUT2D eigenvalue weighted by atomic mass is 16.1. The summed E-state index contributed by atoms with van der Waals surface area (Å²) < 4.78 is 0. The Hall–Kier alpha value is -0.370. The van der Waals surface area contributed by atoms with E-state index >= 15 is 0 Å². The first kappa shape index (κ1) is 17.1. The largest absolute Gasteiger partial charge is 0.328 e. The van der Waals surface area contributed by atoms with Crippen molar-refractivity contribution < 1.29 is 4.79 Å². The summed E-state index contributed by atoms with van der Waals surface area (Å²) in [6, 6.07) is 0.442. The summed E-state index contributed by atoms with van der Waals surface area (Å²) in [4.78, 5) is 12.3. The van der Waals surface area contributed by atoms with Crippen LogP contribution in [0, 0.1) is 39.9 Å². The summed E-state index contributed by atoms with van der Waals surface area (Å²) in [5, 5.41) is 0. The van der Waals surface area contributed by atoms with E-state index in [1.165, 1.54) is 51.4 Å². The van der Waals surface area contributed by atoms with Crippen molar-refractivity contribution in [2.75, 3.05) is 0 Å². The molecule has 0 spiro atoms. The van der Waals surface area contributed by atoms with Crippen molar-refractivity contribution in [3.63, 3.8) is 0 Å². The van der Waals surface area contributed by atoms with Crippen LogP contribution in [0.25, 0.3) is 0 Å². The van der Waals surface area contributed by atoms with Gasteiger partial charge in [-0.15, -0.1) is 0 Å². The quantitative estimate of drug-likeness (QED) is 0.738. The van der Waals surface area contributed by atoms with Gasteiger partial charge < -0.3 is 5.73 Å². The SMILES string of the molecule is CC(=O)[C@H]1CC[C@@]2(C)[C@H]3CC[C@H]4C[C@@H](N)CC[C@]4(C)[C@H]3CC[C@]12C. The molecule has 0 amide bonds. The minimum absolute atomic E-state index is 0.244. The van der Waals surface area contributed by atoms with Crippen LogP contribution >= 0.6 is 0 Å². The lowest BCUT2D eigenvalue weighted by Gasteiger charge is -2.64. The molecule has 8 atom stereocenters. The van der Waals surface area contributed by atoms with E-state index in [0.29, 0.717) is 28.6 Å². The van der Waals surface area contributed by atoms with Gasteiger partial charge in [0.25, 0.3) is 0 Å². The third-order valence-corrected chi connectivity index (χ3v) is 10.0. The van der Waals surface area contributed by atoms with Crippen LogP contribution in [0.3, 0.4) is 0 Å². The molecule has 0 aromatic rings.